The van der Waals surface area contributed by atoms with Gasteiger partial charge in [0.1, 0.15) is 12.4 Å². The minimum Gasteiger partial charge on any atom is -0.488 e. The van der Waals surface area contributed by atoms with E-state index in [9.17, 15) is 4.79 Å². The quantitative estimate of drug-likeness (QED) is 0.905. The molecular weight excluding hydrogens is 298 g/mol. The number of carbonyl (C=O) groups is 1. The van der Waals surface area contributed by atoms with Crippen LogP contribution in [-0.4, -0.2) is 11.4 Å². The SMILES string of the molecule is CC(C)(C)NC(=O)c1ccccc1OCc1ccc(Cl)cc1. The van der Waals surface area contributed by atoms with Crippen LogP contribution < -0.4 is 10.1 Å². The lowest BCUT2D eigenvalue weighted by Crippen LogP contribution is -2.40. The van der Waals surface area contributed by atoms with Crippen molar-refractivity contribution in [3.63, 3.8) is 0 Å². The van der Waals surface area contributed by atoms with Crippen LogP contribution in [-0.2, 0) is 6.61 Å². The third-order valence-corrected chi connectivity index (χ3v) is 3.18. The summed E-state index contributed by atoms with van der Waals surface area (Å²) in [5, 5.41) is 3.63. The number of halogens is 1. The Hall–Kier alpha value is -2.00. The highest BCUT2D eigenvalue weighted by molar-refractivity contribution is 6.30. The van der Waals surface area contributed by atoms with Gasteiger partial charge in [0.2, 0.25) is 0 Å². The van der Waals surface area contributed by atoms with Gasteiger partial charge in [0, 0.05) is 10.6 Å². The molecule has 2 rings (SSSR count). The van der Waals surface area contributed by atoms with Crippen LogP contribution in [0.2, 0.25) is 5.02 Å². The summed E-state index contributed by atoms with van der Waals surface area (Å²) in [5.74, 6) is 0.429. The summed E-state index contributed by atoms with van der Waals surface area (Å²) in [4.78, 5) is 12.3. The van der Waals surface area contributed by atoms with Gasteiger partial charge in [-0.3, -0.25) is 4.79 Å². The van der Waals surface area contributed by atoms with Crippen LogP contribution in [0.3, 0.4) is 0 Å². The molecule has 0 saturated carbocycles. The second-order valence-corrected chi connectivity index (χ2v) is 6.55. The van der Waals surface area contributed by atoms with E-state index in [0.717, 1.165) is 5.56 Å². The molecule has 0 spiro atoms. The van der Waals surface area contributed by atoms with Gasteiger partial charge in [-0.2, -0.15) is 0 Å². The predicted molar refractivity (Wildman–Crippen MR) is 89.4 cm³/mol. The Labute approximate surface area is 136 Å². The Bertz CT molecular complexity index is 645. The van der Waals surface area contributed by atoms with Crippen molar-refractivity contribution in [1.82, 2.24) is 5.32 Å². The van der Waals surface area contributed by atoms with Crippen molar-refractivity contribution in [1.29, 1.82) is 0 Å². The smallest absolute Gasteiger partial charge is 0.255 e. The lowest BCUT2D eigenvalue weighted by molar-refractivity contribution is 0.0915. The highest BCUT2D eigenvalue weighted by Gasteiger charge is 2.18. The van der Waals surface area contributed by atoms with Gasteiger partial charge in [0.05, 0.1) is 5.56 Å². The van der Waals surface area contributed by atoms with Gasteiger partial charge in [0.25, 0.3) is 5.91 Å². The monoisotopic (exact) mass is 317 g/mol. The zero-order valence-electron chi connectivity index (χ0n) is 13.0. The normalized spacial score (nSPS) is 11.1. The van der Waals surface area contributed by atoms with Crippen LogP contribution in [0, 0.1) is 0 Å². The molecule has 0 fully saturated rings. The highest BCUT2D eigenvalue weighted by atomic mass is 35.5. The van der Waals surface area contributed by atoms with Crippen LogP contribution >= 0.6 is 11.6 Å². The summed E-state index contributed by atoms with van der Waals surface area (Å²) in [6, 6.07) is 14.7. The summed E-state index contributed by atoms with van der Waals surface area (Å²) in [6.45, 7) is 6.23. The Morgan fingerprint density at radius 2 is 1.73 bits per heavy atom. The summed E-state index contributed by atoms with van der Waals surface area (Å²) >= 11 is 5.86. The van der Waals surface area contributed by atoms with E-state index in [1.54, 1.807) is 12.1 Å². The molecule has 0 radical (unpaired) electrons. The third kappa shape index (κ3) is 4.78. The van der Waals surface area contributed by atoms with Crippen molar-refractivity contribution >= 4 is 17.5 Å². The number of hydrogen-bond acceptors (Lipinski definition) is 2. The number of carbonyl (C=O) groups excluding carboxylic acids is 1. The molecule has 0 atom stereocenters. The second kappa shape index (κ2) is 6.84. The first-order chi connectivity index (χ1) is 10.3. The number of para-hydroxylation sites is 1. The fourth-order valence-electron chi connectivity index (χ4n) is 1.93. The molecule has 1 amide bonds. The van der Waals surface area contributed by atoms with Crippen molar-refractivity contribution in [2.75, 3.05) is 0 Å². The fourth-order valence-corrected chi connectivity index (χ4v) is 2.06. The molecule has 1 N–H and O–H groups in total. The number of amides is 1. The van der Waals surface area contributed by atoms with Crippen molar-refractivity contribution in [2.45, 2.75) is 32.9 Å². The molecular formula is C18H20ClNO2. The summed E-state index contributed by atoms with van der Waals surface area (Å²) < 4.78 is 5.79. The van der Waals surface area contributed by atoms with Gasteiger partial charge in [-0.15, -0.1) is 0 Å². The molecule has 0 aliphatic heterocycles. The van der Waals surface area contributed by atoms with Crippen molar-refractivity contribution in [3.05, 3.63) is 64.7 Å². The average molecular weight is 318 g/mol. The molecule has 4 heteroatoms. The van der Waals surface area contributed by atoms with E-state index in [2.05, 4.69) is 5.32 Å². The molecule has 0 bridgehead atoms. The van der Waals surface area contributed by atoms with Crippen LogP contribution in [0.1, 0.15) is 36.7 Å². The predicted octanol–water partition coefficient (Wildman–Crippen LogP) is 4.45. The van der Waals surface area contributed by atoms with Crippen molar-refractivity contribution in [2.24, 2.45) is 0 Å². The molecule has 2 aromatic carbocycles. The van der Waals surface area contributed by atoms with E-state index < -0.39 is 0 Å². The highest BCUT2D eigenvalue weighted by Crippen LogP contribution is 2.20. The van der Waals surface area contributed by atoms with E-state index in [1.807, 2.05) is 57.2 Å². The maximum atomic E-state index is 12.3. The fraction of sp³-hybridized carbons (Fsp3) is 0.278. The minimum absolute atomic E-state index is 0.140. The lowest BCUT2D eigenvalue weighted by Gasteiger charge is -2.21. The summed E-state index contributed by atoms with van der Waals surface area (Å²) in [7, 11) is 0. The maximum Gasteiger partial charge on any atom is 0.255 e. The molecule has 22 heavy (non-hydrogen) atoms. The number of ether oxygens (including phenoxy) is 1. The van der Waals surface area contributed by atoms with E-state index in [1.165, 1.54) is 0 Å². The van der Waals surface area contributed by atoms with Crippen molar-refractivity contribution < 1.29 is 9.53 Å². The molecule has 116 valence electrons. The van der Waals surface area contributed by atoms with Gasteiger partial charge in [-0.1, -0.05) is 35.9 Å². The van der Waals surface area contributed by atoms with E-state index >= 15 is 0 Å². The molecule has 2 aromatic rings. The van der Waals surface area contributed by atoms with Crippen LogP contribution in [0.5, 0.6) is 5.75 Å². The number of hydrogen-bond donors (Lipinski definition) is 1. The molecule has 0 aliphatic rings. The van der Waals surface area contributed by atoms with Crippen molar-refractivity contribution in [3.8, 4) is 5.75 Å². The Balaban J connectivity index is 2.11. The standard InChI is InChI=1S/C18H20ClNO2/c1-18(2,3)20-17(21)15-6-4-5-7-16(15)22-12-13-8-10-14(19)11-9-13/h4-11H,12H2,1-3H3,(H,20,21). The largest absolute Gasteiger partial charge is 0.488 e. The number of nitrogens with one attached hydrogen (secondary N) is 1. The minimum atomic E-state index is -0.291. The van der Waals surface area contributed by atoms with Gasteiger partial charge < -0.3 is 10.1 Å². The first-order valence-electron chi connectivity index (χ1n) is 7.14. The molecule has 0 unspecified atom stereocenters. The molecule has 0 saturated heterocycles. The second-order valence-electron chi connectivity index (χ2n) is 6.12. The molecule has 0 heterocycles. The van der Waals surface area contributed by atoms with Gasteiger partial charge in [-0.25, -0.2) is 0 Å². The topological polar surface area (TPSA) is 38.3 Å². The number of rotatable bonds is 4. The zero-order valence-corrected chi connectivity index (χ0v) is 13.8. The van der Waals surface area contributed by atoms with Crippen LogP contribution in [0.25, 0.3) is 0 Å². The van der Waals surface area contributed by atoms with E-state index in [-0.39, 0.29) is 11.4 Å². The first kappa shape index (κ1) is 16.4. The maximum absolute atomic E-state index is 12.3. The zero-order chi connectivity index (χ0) is 16.2. The van der Waals surface area contributed by atoms with Gasteiger partial charge in [-0.05, 0) is 50.6 Å². The molecule has 0 aliphatic carbocycles. The van der Waals surface area contributed by atoms with Gasteiger partial charge in [0.15, 0.2) is 0 Å². The van der Waals surface area contributed by atoms with E-state index in [0.29, 0.717) is 22.9 Å². The Kier molecular flexibility index (Phi) is 5.09. The third-order valence-electron chi connectivity index (χ3n) is 2.93. The lowest BCUT2D eigenvalue weighted by atomic mass is 10.1. The summed E-state index contributed by atoms with van der Waals surface area (Å²) in [6.07, 6.45) is 0. The Morgan fingerprint density at radius 3 is 2.36 bits per heavy atom. The van der Waals surface area contributed by atoms with E-state index in [4.69, 9.17) is 16.3 Å². The Morgan fingerprint density at radius 1 is 1.09 bits per heavy atom. The summed E-state index contributed by atoms with van der Waals surface area (Å²) in [5.41, 5.74) is 1.24. The number of benzene rings is 2. The van der Waals surface area contributed by atoms with Crippen LogP contribution in [0.15, 0.2) is 48.5 Å². The van der Waals surface area contributed by atoms with Crippen LogP contribution in [0.4, 0.5) is 0 Å². The molecule has 0 aromatic heterocycles. The molecule has 3 nitrogen and oxygen atoms in total. The van der Waals surface area contributed by atoms with Gasteiger partial charge >= 0.3 is 0 Å². The first-order valence-corrected chi connectivity index (χ1v) is 7.52. The average Bonchev–Trinajstić information content (AvgIpc) is 2.45.